The normalized spacial score (nSPS) is 27.3. The van der Waals surface area contributed by atoms with Crippen molar-refractivity contribution in [2.75, 3.05) is 19.0 Å². The summed E-state index contributed by atoms with van der Waals surface area (Å²) in [6, 6.07) is 9.09. The lowest BCUT2D eigenvalue weighted by molar-refractivity contribution is -0.126. The highest BCUT2D eigenvalue weighted by Crippen LogP contribution is 2.26. The van der Waals surface area contributed by atoms with Crippen molar-refractivity contribution in [2.45, 2.75) is 37.9 Å². The van der Waals surface area contributed by atoms with Gasteiger partial charge < -0.3 is 10.2 Å². The maximum absolute atomic E-state index is 12.3. The number of rotatable bonds is 4. The molecule has 3 atom stereocenters. The van der Waals surface area contributed by atoms with E-state index in [1.54, 1.807) is 0 Å². The first-order valence-electron chi connectivity index (χ1n) is 7.93. The van der Waals surface area contributed by atoms with Gasteiger partial charge >= 0.3 is 0 Å². The maximum Gasteiger partial charge on any atom is 0.223 e. The number of benzene rings is 1. The fourth-order valence-electron chi connectivity index (χ4n) is 3.21. The SMILES string of the molecule is CN(C)c1ccc(CNC(=O)C2CCC3NNNC3C2)cc1. The number of hydrogen-bond donors (Lipinski definition) is 4. The number of amides is 1. The van der Waals surface area contributed by atoms with Gasteiger partial charge in [-0.05, 0) is 37.0 Å². The van der Waals surface area contributed by atoms with Crippen molar-refractivity contribution >= 4 is 11.6 Å². The Bertz CT molecular complexity index is 516. The first-order valence-corrected chi connectivity index (χ1v) is 7.93. The van der Waals surface area contributed by atoms with Crippen LogP contribution in [0.2, 0.25) is 0 Å². The molecule has 0 bridgehead atoms. The minimum Gasteiger partial charge on any atom is -0.378 e. The van der Waals surface area contributed by atoms with Gasteiger partial charge in [-0.1, -0.05) is 12.1 Å². The van der Waals surface area contributed by atoms with Gasteiger partial charge in [-0.15, -0.1) is 0 Å². The Labute approximate surface area is 131 Å². The zero-order valence-electron chi connectivity index (χ0n) is 13.2. The average Bonchev–Trinajstić information content (AvgIpc) is 3.00. The molecular weight excluding hydrogens is 278 g/mol. The summed E-state index contributed by atoms with van der Waals surface area (Å²) in [4.78, 5) is 14.4. The molecule has 6 heteroatoms. The molecule has 1 heterocycles. The van der Waals surface area contributed by atoms with Crippen LogP contribution in [0.15, 0.2) is 24.3 Å². The third kappa shape index (κ3) is 3.40. The number of nitrogens with zero attached hydrogens (tertiary/aromatic N) is 1. The van der Waals surface area contributed by atoms with Gasteiger partial charge in [0.1, 0.15) is 0 Å². The fraction of sp³-hybridized carbons (Fsp3) is 0.562. The largest absolute Gasteiger partial charge is 0.378 e. The molecular formula is C16H25N5O. The van der Waals surface area contributed by atoms with Gasteiger partial charge in [0.25, 0.3) is 0 Å². The maximum atomic E-state index is 12.3. The number of carbonyl (C=O) groups excluding carboxylic acids is 1. The topological polar surface area (TPSA) is 68.4 Å². The molecule has 1 saturated carbocycles. The second kappa shape index (κ2) is 6.64. The molecule has 120 valence electrons. The van der Waals surface area contributed by atoms with Gasteiger partial charge in [-0.2, -0.15) is 5.53 Å². The van der Waals surface area contributed by atoms with Crippen molar-refractivity contribution in [3.05, 3.63) is 29.8 Å². The molecule has 2 fully saturated rings. The predicted octanol–water partition coefficient (Wildman–Crippen LogP) is 0.519. The molecule has 0 spiro atoms. The molecule has 0 radical (unpaired) electrons. The minimum atomic E-state index is 0.108. The molecule has 4 N–H and O–H groups in total. The van der Waals surface area contributed by atoms with Crippen LogP contribution in [0.3, 0.4) is 0 Å². The van der Waals surface area contributed by atoms with Crippen molar-refractivity contribution < 1.29 is 4.79 Å². The Morgan fingerprint density at radius 1 is 1.18 bits per heavy atom. The number of carbonyl (C=O) groups is 1. The summed E-state index contributed by atoms with van der Waals surface area (Å²) in [5.41, 5.74) is 11.6. The molecule has 3 unspecified atom stereocenters. The lowest BCUT2D eigenvalue weighted by Crippen LogP contribution is -2.44. The van der Waals surface area contributed by atoms with E-state index >= 15 is 0 Å². The molecule has 1 aliphatic carbocycles. The summed E-state index contributed by atoms with van der Waals surface area (Å²) in [7, 11) is 4.04. The molecule has 22 heavy (non-hydrogen) atoms. The van der Waals surface area contributed by atoms with Crippen LogP contribution in [-0.2, 0) is 11.3 Å². The molecule has 3 rings (SSSR count). The molecule has 6 nitrogen and oxygen atoms in total. The van der Waals surface area contributed by atoms with Crippen LogP contribution in [0.1, 0.15) is 24.8 Å². The average molecular weight is 303 g/mol. The van der Waals surface area contributed by atoms with Crippen LogP contribution in [0, 0.1) is 5.92 Å². The monoisotopic (exact) mass is 303 g/mol. The van der Waals surface area contributed by atoms with Crippen molar-refractivity contribution in [2.24, 2.45) is 5.92 Å². The number of fused-ring (bicyclic) bond motifs is 1. The summed E-state index contributed by atoms with van der Waals surface area (Å²) in [5, 5.41) is 3.08. The van der Waals surface area contributed by atoms with E-state index in [0.29, 0.717) is 18.6 Å². The molecule has 1 aliphatic heterocycles. The Balaban J connectivity index is 1.49. The van der Waals surface area contributed by atoms with Crippen molar-refractivity contribution in [3.63, 3.8) is 0 Å². The molecule has 2 aliphatic rings. The lowest BCUT2D eigenvalue weighted by atomic mass is 9.82. The highest BCUT2D eigenvalue weighted by atomic mass is 16.1. The highest BCUT2D eigenvalue weighted by Gasteiger charge is 2.36. The highest BCUT2D eigenvalue weighted by molar-refractivity contribution is 5.78. The zero-order valence-corrected chi connectivity index (χ0v) is 13.2. The Morgan fingerprint density at radius 3 is 2.64 bits per heavy atom. The van der Waals surface area contributed by atoms with Crippen molar-refractivity contribution in [3.8, 4) is 0 Å². The molecule has 1 aromatic carbocycles. The first-order chi connectivity index (χ1) is 10.6. The van der Waals surface area contributed by atoms with Gasteiger partial charge in [0.05, 0.1) is 0 Å². The zero-order chi connectivity index (χ0) is 15.5. The minimum absolute atomic E-state index is 0.108. The van der Waals surface area contributed by atoms with E-state index in [1.165, 1.54) is 5.69 Å². The van der Waals surface area contributed by atoms with Gasteiger partial charge in [-0.25, -0.2) is 10.9 Å². The van der Waals surface area contributed by atoms with Crippen LogP contribution in [-0.4, -0.2) is 32.1 Å². The van der Waals surface area contributed by atoms with Gasteiger partial charge in [0.15, 0.2) is 0 Å². The fourth-order valence-corrected chi connectivity index (χ4v) is 3.21. The molecule has 1 aromatic rings. The Kier molecular flexibility index (Phi) is 4.61. The number of hydrazine groups is 2. The van der Waals surface area contributed by atoms with Crippen LogP contribution in [0.25, 0.3) is 0 Å². The van der Waals surface area contributed by atoms with Gasteiger partial charge in [-0.3, -0.25) is 4.79 Å². The Hall–Kier alpha value is -1.63. The molecule has 0 aromatic heterocycles. The third-order valence-corrected chi connectivity index (χ3v) is 4.66. The number of hydrogen-bond acceptors (Lipinski definition) is 5. The second-order valence-electron chi connectivity index (χ2n) is 6.42. The van der Waals surface area contributed by atoms with Gasteiger partial charge in [0, 0.05) is 44.3 Å². The standard InChI is InChI=1S/C16H25N5O/c1-21(2)13-6-3-11(4-7-13)10-17-16(22)12-5-8-14-15(9-12)19-20-18-14/h3-4,6-7,12,14-15,18-20H,5,8-10H2,1-2H3,(H,17,22). The predicted molar refractivity (Wildman–Crippen MR) is 86.9 cm³/mol. The third-order valence-electron chi connectivity index (χ3n) is 4.66. The lowest BCUT2D eigenvalue weighted by Gasteiger charge is -2.29. The molecule has 1 saturated heterocycles. The van der Waals surface area contributed by atoms with Crippen molar-refractivity contribution in [1.29, 1.82) is 0 Å². The van der Waals surface area contributed by atoms with E-state index in [1.807, 2.05) is 14.1 Å². The van der Waals surface area contributed by atoms with Crippen LogP contribution in [0.5, 0.6) is 0 Å². The summed E-state index contributed by atoms with van der Waals surface area (Å²) in [6.45, 7) is 0.598. The summed E-state index contributed by atoms with van der Waals surface area (Å²) in [5.74, 6) is 0.278. The number of anilines is 1. The van der Waals surface area contributed by atoms with E-state index in [4.69, 9.17) is 0 Å². The second-order valence-corrected chi connectivity index (χ2v) is 6.42. The van der Waals surface area contributed by atoms with Crippen LogP contribution < -0.4 is 26.6 Å². The summed E-state index contributed by atoms with van der Waals surface area (Å²) >= 11 is 0. The molecule has 1 amide bonds. The van der Waals surface area contributed by atoms with Gasteiger partial charge in [0.2, 0.25) is 5.91 Å². The van der Waals surface area contributed by atoms with Crippen LogP contribution in [0.4, 0.5) is 5.69 Å². The van der Waals surface area contributed by atoms with E-state index in [0.717, 1.165) is 24.8 Å². The van der Waals surface area contributed by atoms with Crippen molar-refractivity contribution in [1.82, 2.24) is 21.7 Å². The summed E-state index contributed by atoms with van der Waals surface area (Å²) in [6.07, 6.45) is 2.86. The summed E-state index contributed by atoms with van der Waals surface area (Å²) < 4.78 is 0. The Morgan fingerprint density at radius 2 is 1.91 bits per heavy atom. The quantitative estimate of drug-likeness (QED) is 0.653. The van der Waals surface area contributed by atoms with E-state index < -0.39 is 0 Å². The first kappa shape index (κ1) is 15.3. The van der Waals surface area contributed by atoms with E-state index in [9.17, 15) is 4.79 Å². The number of nitrogens with one attached hydrogen (secondary N) is 4. The van der Waals surface area contributed by atoms with Crippen LogP contribution >= 0.6 is 0 Å². The van der Waals surface area contributed by atoms with E-state index in [-0.39, 0.29) is 11.8 Å². The smallest absolute Gasteiger partial charge is 0.223 e. The van der Waals surface area contributed by atoms with E-state index in [2.05, 4.69) is 50.9 Å².